The van der Waals surface area contributed by atoms with E-state index in [1.807, 2.05) is 6.92 Å². The molecule has 1 aromatic heterocycles. The fourth-order valence-electron chi connectivity index (χ4n) is 2.03. The zero-order chi connectivity index (χ0) is 14.8. The Hall–Kier alpha value is -1.63. The third-order valence-electron chi connectivity index (χ3n) is 2.96. The number of nitrogens with one attached hydrogen (secondary N) is 1. The van der Waals surface area contributed by atoms with Crippen LogP contribution in [0.1, 0.15) is 30.3 Å². The molecular formula is C13H14F3N3S. The largest absolute Gasteiger partial charge is 0.416 e. The van der Waals surface area contributed by atoms with Crippen molar-refractivity contribution in [2.45, 2.75) is 32.5 Å². The average Bonchev–Trinajstić information content (AvgIpc) is 2.71. The van der Waals surface area contributed by atoms with Gasteiger partial charge in [-0.3, -0.25) is 9.67 Å². The lowest BCUT2D eigenvalue weighted by Crippen LogP contribution is -2.13. The highest BCUT2D eigenvalue weighted by Crippen LogP contribution is 2.32. The van der Waals surface area contributed by atoms with Crippen molar-refractivity contribution in [1.29, 1.82) is 0 Å². The fourth-order valence-corrected chi connectivity index (χ4v) is 2.25. The molecule has 0 atom stereocenters. The number of aromatic nitrogens is 3. The average molecular weight is 301 g/mol. The van der Waals surface area contributed by atoms with Crippen molar-refractivity contribution in [3.8, 4) is 0 Å². The van der Waals surface area contributed by atoms with E-state index in [2.05, 4.69) is 10.2 Å². The zero-order valence-electron chi connectivity index (χ0n) is 10.9. The Labute approximate surface area is 119 Å². The summed E-state index contributed by atoms with van der Waals surface area (Å²) in [4.78, 5) is 0. The van der Waals surface area contributed by atoms with Gasteiger partial charge in [0.2, 0.25) is 0 Å². The number of H-pyrrole nitrogens is 1. The molecule has 0 fully saturated rings. The Balaban J connectivity index is 2.41. The van der Waals surface area contributed by atoms with E-state index in [-0.39, 0.29) is 12.1 Å². The minimum absolute atomic E-state index is 0.0698. The molecule has 0 radical (unpaired) electrons. The predicted molar refractivity (Wildman–Crippen MR) is 72.0 cm³/mol. The van der Waals surface area contributed by atoms with Gasteiger partial charge in [0.1, 0.15) is 5.82 Å². The zero-order valence-corrected chi connectivity index (χ0v) is 11.7. The molecule has 1 aromatic carbocycles. The van der Waals surface area contributed by atoms with Crippen LogP contribution < -0.4 is 0 Å². The van der Waals surface area contributed by atoms with Crippen LogP contribution in [0.2, 0.25) is 0 Å². The van der Waals surface area contributed by atoms with Gasteiger partial charge in [0.15, 0.2) is 4.77 Å². The van der Waals surface area contributed by atoms with Gasteiger partial charge in [-0.1, -0.05) is 25.1 Å². The van der Waals surface area contributed by atoms with Crippen LogP contribution in [0, 0.1) is 4.77 Å². The number of aryl methyl sites for hydroxylation is 1. The molecule has 0 saturated heterocycles. The molecule has 20 heavy (non-hydrogen) atoms. The number of benzene rings is 1. The van der Waals surface area contributed by atoms with E-state index in [9.17, 15) is 13.2 Å². The first-order valence-electron chi connectivity index (χ1n) is 6.22. The summed E-state index contributed by atoms with van der Waals surface area (Å²) in [5, 5.41) is 6.69. The van der Waals surface area contributed by atoms with E-state index < -0.39 is 11.7 Å². The predicted octanol–water partition coefficient (Wildman–Crippen LogP) is 3.96. The van der Waals surface area contributed by atoms with E-state index in [4.69, 9.17) is 12.2 Å². The van der Waals surface area contributed by atoms with Crippen molar-refractivity contribution >= 4 is 12.2 Å². The second kappa shape index (κ2) is 5.78. The van der Waals surface area contributed by atoms with E-state index in [1.54, 1.807) is 10.6 Å². The van der Waals surface area contributed by atoms with Crippen LogP contribution >= 0.6 is 12.2 Å². The van der Waals surface area contributed by atoms with Gasteiger partial charge < -0.3 is 0 Å². The third kappa shape index (κ3) is 3.09. The molecule has 0 spiro atoms. The van der Waals surface area contributed by atoms with Gasteiger partial charge in [-0.05, 0) is 30.3 Å². The second-order valence-electron chi connectivity index (χ2n) is 4.44. The Bertz CT molecular complexity index is 643. The molecule has 0 amide bonds. The molecule has 0 aliphatic carbocycles. The van der Waals surface area contributed by atoms with Crippen molar-refractivity contribution in [1.82, 2.24) is 14.8 Å². The van der Waals surface area contributed by atoms with Gasteiger partial charge in [-0.25, -0.2) is 0 Å². The lowest BCUT2D eigenvalue weighted by molar-refractivity contribution is -0.138. The molecule has 1 N–H and O–H groups in total. The van der Waals surface area contributed by atoms with E-state index in [0.717, 1.165) is 12.5 Å². The Morgan fingerprint density at radius 2 is 2.00 bits per heavy atom. The number of rotatable bonds is 4. The normalized spacial score (nSPS) is 11.8. The van der Waals surface area contributed by atoms with Gasteiger partial charge in [0.25, 0.3) is 0 Å². The third-order valence-corrected chi connectivity index (χ3v) is 3.27. The molecule has 0 saturated carbocycles. The van der Waals surface area contributed by atoms with Gasteiger partial charge in [-0.2, -0.15) is 18.3 Å². The number of nitrogens with zero attached hydrogens (tertiary/aromatic N) is 2. The summed E-state index contributed by atoms with van der Waals surface area (Å²) in [6, 6.07) is 5.52. The summed E-state index contributed by atoms with van der Waals surface area (Å²) in [7, 11) is 0. The summed E-state index contributed by atoms with van der Waals surface area (Å²) in [6.07, 6.45) is -2.85. The van der Waals surface area contributed by atoms with Gasteiger partial charge in [-0.15, -0.1) is 0 Å². The number of alkyl halides is 3. The molecule has 2 rings (SSSR count). The van der Waals surface area contributed by atoms with Crippen LogP contribution in [0.4, 0.5) is 13.2 Å². The smallest absolute Gasteiger partial charge is 0.300 e. The van der Waals surface area contributed by atoms with Crippen LogP contribution in [-0.2, 0) is 19.1 Å². The SMILES string of the molecule is CCCc1n[nH]c(=S)n1Cc1ccccc1C(F)(F)F. The molecule has 1 heterocycles. The van der Waals surface area contributed by atoms with Gasteiger partial charge in [0.05, 0.1) is 12.1 Å². The second-order valence-corrected chi connectivity index (χ2v) is 4.82. The molecule has 0 aliphatic rings. The lowest BCUT2D eigenvalue weighted by atomic mass is 10.1. The summed E-state index contributed by atoms with van der Waals surface area (Å²) >= 11 is 5.09. The number of halogens is 3. The van der Waals surface area contributed by atoms with Gasteiger partial charge >= 0.3 is 6.18 Å². The summed E-state index contributed by atoms with van der Waals surface area (Å²) in [5.74, 6) is 0.675. The molecule has 2 aromatic rings. The summed E-state index contributed by atoms with van der Waals surface area (Å²) in [5.41, 5.74) is -0.444. The minimum atomic E-state index is -4.37. The maximum atomic E-state index is 13.0. The number of hydrogen-bond acceptors (Lipinski definition) is 2. The molecule has 0 unspecified atom stereocenters. The minimum Gasteiger partial charge on any atom is -0.300 e. The maximum absolute atomic E-state index is 13.0. The summed E-state index contributed by atoms with van der Waals surface area (Å²) in [6.45, 7) is 2.05. The molecular weight excluding hydrogens is 287 g/mol. The van der Waals surface area contributed by atoms with E-state index in [1.165, 1.54) is 12.1 Å². The van der Waals surface area contributed by atoms with Crippen LogP contribution in [0.15, 0.2) is 24.3 Å². The molecule has 108 valence electrons. The Morgan fingerprint density at radius 1 is 1.30 bits per heavy atom. The summed E-state index contributed by atoms with van der Waals surface area (Å²) < 4.78 is 40.9. The van der Waals surface area contributed by atoms with Crippen molar-refractivity contribution in [2.75, 3.05) is 0 Å². The highest BCUT2D eigenvalue weighted by atomic mass is 32.1. The van der Waals surface area contributed by atoms with Crippen molar-refractivity contribution < 1.29 is 13.2 Å². The van der Waals surface area contributed by atoms with Crippen LogP contribution in [0.5, 0.6) is 0 Å². The van der Waals surface area contributed by atoms with Crippen molar-refractivity contribution in [2.24, 2.45) is 0 Å². The molecule has 0 aliphatic heterocycles. The first-order valence-corrected chi connectivity index (χ1v) is 6.63. The topological polar surface area (TPSA) is 33.6 Å². The Morgan fingerprint density at radius 3 is 2.65 bits per heavy atom. The van der Waals surface area contributed by atoms with Crippen LogP contribution in [-0.4, -0.2) is 14.8 Å². The molecule has 3 nitrogen and oxygen atoms in total. The quantitative estimate of drug-likeness (QED) is 0.867. The highest BCUT2D eigenvalue weighted by molar-refractivity contribution is 7.71. The monoisotopic (exact) mass is 301 g/mol. The number of aromatic amines is 1. The van der Waals surface area contributed by atoms with E-state index >= 15 is 0 Å². The van der Waals surface area contributed by atoms with Gasteiger partial charge in [0, 0.05) is 6.42 Å². The molecule has 7 heteroatoms. The lowest BCUT2D eigenvalue weighted by Gasteiger charge is -2.13. The standard InChI is InChI=1S/C13H14F3N3S/c1-2-5-11-17-18-12(20)19(11)8-9-6-3-4-7-10(9)13(14,15)16/h3-4,6-7H,2,5,8H2,1H3,(H,18,20). The first-order chi connectivity index (χ1) is 9.43. The first kappa shape index (κ1) is 14.8. The van der Waals surface area contributed by atoms with E-state index in [0.29, 0.717) is 17.0 Å². The fraction of sp³-hybridized carbons (Fsp3) is 0.385. The van der Waals surface area contributed by atoms with Crippen molar-refractivity contribution in [3.63, 3.8) is 0 Å². The van der Waals surface area contributed by atoms with Crippen LogP contribution in [0.25, 0.3) is 0 Å². The number of hydrogen-bond donors (Lipinski definition) is 1. The molecule has 0 bridgehead atoms. The Kier molecular flexibility index (Phi) is 4.27. The maximum Gasteiger partial charge on any atom is 0.416 e. The van der Waals surface area contributed by atoms with Crippen LogP contribution in [0.3, 0.4) is 0 Å². The highest BCUT2D eigenvalue weighted by Gasteiger charge is 2.33. The van der Waals surface area contributed by atoms with Crippen molar-refractivity contribution in [3.05, 3.63) is 46.0 Å².